The zero-order chi connectivity index (χ0) is 14.6. The third-order valence-electron chi connectivity index (χ3n) is 3.55. The molecular formula is C13H23NO4S. The Bertz CT molecular complexity index is 415. The monoisotopic (exact) mass is 289 g/mol. The van der Waals surface area contributed by atoms with Crippen molar-refractivity contribution in [2.75, 3.05) is 0 Å². The number of hydrogen-bond donors (Lipinski definition) is 1. The molecule has 6 heteroatoms. The molecule has 0 unspecified atom stereocenters. The van der Waals surface area contributed by atoms with Gasteiger partial charge in [-0.05, 0) is 34.6 Å². The molecule has 1 aliphatic heterocycles. The second kappa shape index (κ2) is 4.62. The van der Waals surface area contributed by atoms with Gasteiger partial charge in [0.05, 0.1) is 21.8 Å². The van der Waals surface area contributed by atoms with E-state index < -0.39 is 22.9 Å². The fourth-order valence-corrected chi connectivity index (χ4v) is 3.40. The summed E-state index contributed by atoms with van der Waals surface area (Å²) in [6.45, 7) is 11.1. The molecular weight excluding hydrogens is 266 g/mol. The van der Waals surface area contributed by atoms with Gasteiger partial charge in [-0.3, -0.25) is 4.79 Å². The van der Waals surface area contributed by atoms with Crippen molar-refractivity contribution in [3.8, 4) is 0 Å². The molecule has 0 aromatic heterocycles. The Hall–Kier alpha value is -0.300. The third kappa shape index (κ3) is 2.77. The van der Waals surface area contributed by atoms with Crippen molar-refractivity contribution in [2.45, 2.75) is 70.3 Å². The molecule has 0 aromatic rings. The minimum absolute atomic E-state index is 0.0268. The van der Waals surface area contributed by atoms with E-state index in [1.165, 1.54) is 0 Å². The van der Waals surface area contributed by atoms with Crippen LogP contribution in [0.5, 0.6) is 0 Å². The topological polar surface area (TPSA) is 64.6 Å². The van der Waals surface area contributed by atoms with Gasteiger partial charge in [0.2, 0.25) is 0 Å². The van der Waals surface area contributed by atoms with E-state index in [1.807, 2.05) is 27.7 Å². The lowest BCUT2D eigenvalue weighted by molar-refractivity contribution is -0.163. The van der Waals surface area contributed by atoms with E-state index in [4.69, 9.17) is 9.47 Å². The summed E-state index contributed by atoms with van der Waals surface area (Å²) in [5, 5.41) is 0. The number of nitrogens with one attached hydrogen (secondary N) is 1. The molecule has 19 heavy (non-hydrogen) atoms. The maximum atomic E-state index is 12.2. The molecule has 1 N–H and O–H groups in total. The molecule has 110 valence electrons. The van der Waals surface area contributed by atoms with E-state index in [1.54, 1.807) is 13.8 Å². The van der Waals surface area contributed by atoms with Crippen LogP contribution in [-0.4, -0.2) is 38.8 Å². The van der Waals surface area contributed by atoms with Crippen molar-refractivity contribution in [3.63, 3.8) is 0 Å². The van der Waals surface area contributed by atoms with Gasteiger partial charge in [-0.25, -0.2) is 8.93 Å². The van der Waals surface area contributed by atoms with Gasteiger partial charge < -0.3 is 9.47 Å². The minimum atomic E-state index is -1.23. The van der Waals surface area contributed by atoms with Gasteiger partial charge >= 0.3 is 0 Å². The number of fused-ring (bicyclic) bond motifs is 1. The lowest BCUT2D eigenvalue weighted by Crippen LogP contribution is -2.47. The van der Waals surface area contributed by atoms with Crippen LogP contribution in [-0.2, 0) is 25.3 Å². The van der Waals surface area contributed by atoms with Crippen molar-refractivity contribution < 1.29 is 18.5 Å². The lowest BCUT2D eigenvalue weighted by atomic mass is 10.1. The van der Waals surface area contributed by atoms with Crippen LogP contribution in [0.15, 0.2) is 0 Å². The Balaban J connectivity index is 2.17. The SMILES string of the molecule is C[C@H]1C(=O)[C@@H]2OC(C)(C)O[C@@H]2[C@@H]1N[S@@](=O)C(C)(C)C. The van der Waals surface area contributed by atoms with Crippen LogP contribution in [0, 0.1) is 5.92 Å². The molecule has 5 nitrogen and oxygen atoms in total. The fraction of sp³-hybridized carbons (Fsp3) is 0.923. The van der Waals surface area contributed by atoms with Crippen molar-refractivity contribution in [1.29, 1.82) is 0 Å². The van der Waals surface area contributed by atoms with Gasteiger partial charge in [0.15, 0.2) is 11.6 Å². The predicted molar refractivity (Wildman–Crippen MR) is 72.8 cm³/mol. The Kier molecular flexibility index (Phi) is 3.67. The molecule has 2 fully saturated rings. The maximum Gasteiger partial charge on any atom is 0.168 e. The molecule has 0 amide bonds. The zero-order valence-electron chi connectivity index (χ0n) is 12.4. The molecule has 1 aliphatic carbocycles. The number of ketones is 1. The molecule has 1 heterocycles. The number of carbonyl (C=O) groups excluding carboxylic acids is 1. The van der Waals surface area contributed by atoms with Crippen LogP contribution in [0.2, 0.25) is 0 Å². The highest BCUT2D eigenvalue weighted by Crippen LogP contribution is 2.39. The summed E-state index contributed by atoms with van der Waals surface area (Å²) in [4.78, 5) is 12.2. The summed E-state index contributed by atoms with van der Waals surface area (Å²) in [7, 11) is -1.23. The number of carbonyl (C=O) groups is 1. The van der Waals surface area contributed by atoms with Crippen LogP contribution in [0.3, 0.4) is 0 Å². The van der Waals surface area contributed by atoms with E-state index in [2.05, 4.69) is 4.72 Å². The highest BCUT2D eigenvalue weighted by Gasteiger charge is 2.57. The van der Waals surface area contributed by atoms with Crippen LogP contribution in [0.25, 0.3) is 0 Å². The molecule has 0 spiro atoms. The number of Topliss-reactive ketones (excluding diaryl/α,β-unsaturated/α-hetero) is 1. The molecule has 2 aliphatic rings. The van der Waals surface area contributed by atoms with Crippen molar-refractivity contribution >= 4 is 16.8 Å². The Morgan fingerprint density at radius 2 is 1.84 bits per heavy atom. The Morgan fingerprint density at radius 3 is 2.37 bits per heavy atom. The molecule has 1 saturated carbocycles. The summed E-state index contributed by atoms with van der Waals surface area (Å²) in [5.41, 5.74) is 0. The third-order valence-corrected chi connectivity index (χ3v) is 5.15. The molecule has 5 atom stereocenters. The summed E-state index contributed by atoms with van der Waals surface area (Å²) in [6.07, 6.45) is -0.900. The standard InChI is InChI=1S/C13H23NO4S/c1-7-8(14-19(16)12(2,3)4)10-11(9(7)15)18-13(5,6)17-10/h7-8,10-11,14H,1-6H3/t7-,8-,10-,11+,19+/m1/s1. The number of hydrogen-bond acceptors (Lipinski definition) is 4. The first-order chi connectivity index (χ1) is 8.53. The summed E-state index contributed by atoms with van der Waals surface area (Å²) < 4.78 is 26.3. The van der Waals surface area contributed by atoms with Crippen LogP contribution in [0.1, 0.15) is 41.5 Å². The van der Waals surface area contributed by atoms with Gasteiger partial charge in [0, 0.05) is 5.92 Å². The highest BCUT2D eigenvalue weighted by molar-refractivity contribution is 7.84. The molecule has 2 rings (SSSR count). The van der Waals surface area contributed by atoms with Crippen LogP contribution in [0.4, 0.5) is 0 Å². The predicted octanol–water partition coefficient (Wildman–Crippen LogP) is 1.15. The number of ether oxygens (including phenoxy) is 2. The summed E-state index contributed by atoms with van der Waals surface area (Å²) in [6, 6.07) is -0.265. The van der Waals surface area contributed by atoms with Gasteiger partial charge in [0.25, 0.3) is 0 Å². The largest absolute Gasteiger partial charge is 0.342 e. The Labute approximate surface area is 117 Å². The first-order valence-corrected chi connectivity index (χ1v) is 7.75. The van der Waals surface area contributed by atoms with Gasteiger partial charge in [-0.15, -0.1) is 0 Å². The minimum Gasteiger partial charge on any atom is -0.342 e. The fourth-order valence-electron chi connectivity index (χ4n) is 2.46. The van der Waals surface area contributed by atoms with E-state index in [-0.39, 0.29) is 28.6 Å². The van der Waals surface area contributed by atoms with E-state index >= 15 is 0 Å². The smallest absolute Gasteiger partial charge is 0.168 e. The van der Waals surface area contributed by atoms with Crippen LogP contribution >= 0.6 is 0 Å². The quantitative estimate of drug-likeness (QED) is 0.828. The summed E-state index contributed by atoms with van der Waals surface area (Å²) in [5.74, 6) is -0.981. The molecule has 0 radical (unpaired) electrons. The van der Waals surface area contributed by atoms with Crippen molar-refractivity contribution in [1.82, 2.24) is 4.72 Å². The van der Waals surface area contributed by atoms with Gasteiger partial charge in [0.1, 0.15) is 12.2 Å². The van der Waals surface area contributed by atoms with E-state index in [9.17, 15) is 9.00 Å². The average molecular weight is 289 g/mol. The first kappa shape index (κ1) is 15.1. The van der Waals surface area contributed by atoms with Gasteiger partial charge in [-0.2, -0.15) is 0 Å². The zero-order valence-corrected chi connectivity index (χ0v) is 13.2. The second-order valence-electron chi connectivity index (χ2n) is 6.74. The maximum absolute atomic E-state index is 12.2. The van der Waals surface area contributed by atoms with Gasteiger partial charge in [-0.1, -0.05) is 6.92 Å². The van der Waals surface area contributed by atoms with E-state index in [0.29, 0.717) is 0 Å². The average Bonchev–Trinajstić information content (AvgIpc) is 2.66. The molecule has 1 saturated heterocycles. The first-order valence-electron chi connectivity index (χ1n) is 6.60. The summed E-state index contributed by atoms with van der Waals surface area (Å²) >= 11 is 0. The van der Waals surface area contributed by atoms with Crippen molar-refractivity contribution in [3.05, 3.63) is 0 Å². The van der Waals surface area contributed by atoms with E-state index in [0.717, 1.165) is 0 Å². The normalized spacial score (nSPS) is 39.4. The highest BCUT2D eigenvalue weighted by atomic mass is 32.2. The van der Waals surface area contributed by atoms with Crippen LogP contribution < -0.4 is 4.72 Å². The second-order valence-corrected chi connectivity index (χ2v) is 8.73. The Morgan fingerprint density at radius 1 is 1.26 bits per heavy atom. The van der Waals surface area contributed by atoms with Crippen molar-refractivity contribution in [2.24, 2.45) is 5.92 Å². The molecule has 0 bridgehead atoms. The number of rotatable bonds is 2. The lowest BCUT2D eigenvalue weighted by Gasteiger charge is -2.27. The molecule has 0 aromatic carbocycles.